The third kappa shape index (κ3) is 11.7. The summed E-state index contributed by atoms with van der Waals surface area (Å²) in [5.41, 5.74) is 6.97. The normalized spacial score (nSPS) is 10.9. The van der Waals surface area contributed by atoms with Crippen LogP contribution in [0.15, 0.2) is 18.2 Å². The summed E-state index contributed by atoms with van der Waals surface area (Å²) >= 11 is 0. The minimum atomic E-state index is 0.158. The maximum Gasteiger partial charge on any atom is 0.140 e. The highest BCUT2D eigenvalue weighted by molar-refractivity contribution is 5.60. The fourth-order valence-corrected chi connectivity index (χ4v) is 3.21. The van der Waals surface area contributed by atoms with Gasteiger partial charge >= 0.3 is 0 Å². The van der Waals surface area contributed by atoms with Crippen molar-refractivity contribution in [2.75, 3.05) is 17.6 Å². The van der Waals surface area contributed by atoms with Gasteiger partial charge in [0.05, 0.1) is 5.69 Å². The molecule has 0 amide bonds. The number of benzene rings is 1. The standard InChI is InChI=1S/C22H40N2O/c1-2-3-4-5-6-7-8-9-10-11-12-13-14-15-18-24-20-16-17-21(23)22(25)19-20/h16-17,19,24-25H,2-15,18,23H2,1H3. The van der Waals surface area contributed by atoms with Crippen LogP contribution in [0.4, 0.5) is 11.4 Å². The van der Waals surface area contributed by atoms with E-state index in [0.29, 0.717) is 5.69 Å². The summed E-state index contributed by atoms with van der Waals surface area (Å²) in [7, 11) is 0. The van der Waals surface area contributed by atoms with Gasteiger partial charge in [-0.3, -0.25) is 0 Å². The second kappa shape index (κ2) is 14.9. The third-order valence-corrected chi connectivity index (χ3v) is 4.89. The number of nitrogens with one attached hydrogen (secondary N) is 1. The Morgan fingerprint density at radius 2 is 1.24 bits per heavy atom. The Hall–Kier alpha value is -1.38. The Balaban J connectivity index is 1.81. The Bertz CT molecular complexity index is 434. The van der Waals surface area contributed by atoms with Crippen LogP contribution in [0.1, 0.15) is 96.8 Å². The number of phenols is 1. The number of nitrogen functional groups attached to an aromatic ring is 1. The number of rotatable bonds is 16. The molecule has 0 saturated carbocycles. The highest BCUT2D eigenvalue weighted by Gasteiger charge is 1.98. The van der Waals surface area contributed by atoms with E-state index in [1.54, 1.807) is 12.1 Å². The van der Waals surface area contributed by atoms with Crippen molar-refractivity contribution in [1.82, 2.24) is 0 Å². The minimum Gasteiger partial charge on any atom is -0.506 e. The Morgan fingerprint density at radius 3 is 1.72 bits per heavy atom. The van der Waals surface area contributed by atoms with E-state index in [0.717, 1.165) is 12.2 Å². The van der Waals surface area contributed by atoms with E-state index in [-0.39, 0.29) is 5.75 Å². The fourth-order valence-electron chi connectivity index (χ4n) is 3.21. The smallest absolute Gasteiger partial charge is 0.140 e. The molecular weight excluding hydrogens is 308 g/mol. The lowest BCUT2D eigenvalue weighted by Crippen LogP contribution is -2.01. The van der Waals surface area contributed by atoms with Crippen molar-refractivity contribution in [3.05, 3.63) is 18.2 Å². The molecule has 144 valence electrons. The number of unbranched alkanes of at least 4 members (excludes halogenated alkanes) is 13. The molecule has 0 radical (unpaired) electrons. The topological polar surface area (TPSA) is 58.3 Å². The van der Waals surface area contributed by atoms with Gasteiger partial charge in [0.25, 0.3) is 0 Å². The molecule has 0 aliphatic heterocycles. The first-order valence-corrected chi connectivity index (χ1v) is 10.6. The largest absolute Gasteiger partial charge is 0.506 e. The molecule has 0 aromatic heterocycles. The van der Waals surface area contributed by atoms with Crippen LogP contribution in [0.5, 0.6) is 5.75 Å². The predicted molar refractivity (Wildman–Crippen MR) is 111 cm³/mol. The van der Waals surface area contributed by atoms with E-state index in [2.05, 4.69) is 12.2 Å². The van der Waals surface area contributed by atoms with Crippen molar-refractivity contribution in [2.24, 2.45) is 0 Å². The van der Waals surface area contributed by atoms with E-state index in [1.165, 1.54) is 89.9 Å². The van der Waals surface area contributed by atoms with Gasteiger partial charge in [-0.15, -0.1) is 0 Å². The zero-order valence-corrected chi connectivity index (χ0v) is 16.4. The second-order valence-electron chi connectivity index (χ2n) is 7.30. The first-order valence-electron chi connectivity index (χ1n) is 10.6. The van der Waals surface area contributed by atoms with E-state index >= 15 is 0 Å². The number of nitrogens with two attached hydrogens (primary N) is 1. The number of hydrogen-bond donors (Lipinski definition) is 3. The molecule has 0 atom stereocenters. The van der Waals surface area contributed by atoms with Crippen LogP contribution >= 0.6 is 0 Å². The molecule has 0 aliphatic carbocycles. The quantitative estimate of drug-likeness (QED) is 0.173. The molecule has 0 heterocycles. The molecular formula is C22H40N2O. The average Bonchev–Trinajstić information content (AvgIpc) is 2.61. The van der Waals surface area contributed by atoms with Gasteiger partial charge in [0.1, 0.15) is 5.75 Å². The molecule has 0 fully saturated rings. The summed E-state index contributed by atoms with van der Waals surface area (Å²) in [5.74, 6) is 0.158. The molecule has 3 nitrogen and oxygen atoms in total. The first-order chi connectivity index (χ1) is 12.2. The summed E-state index contributed by atoms with van der Waals surface area (Å²) in [6.45, 7) is 3.24. The van der Waals surface area contributed by atoms with Gasteiger partial charge in [-0.05, 0) is 18.6 Å². The van der Waals surface area contributed by atoms with Crippen molar-refractivity contribution in [3.63, 3.8) is 0 Å². The molecule has 0 bridgehead atoms. The van der Waals surface area contributed by atoms with Gasteiger partial charge in [-0.25, -0.2) is 0 Å². The van der Waals surface area contributed by atoms with Crippen LogP contribution in [0, 0.1) is 0 Å². The molecule has 0 aliphatic rings. The number of hydrogen-bond acceptors (Lipinski definition) is 3. The van der Waals surface area contributed by atoms with Gasteiger partial charge < -0.3 is 16.2 Å². The van der Waals surface area contributed by atoms with Gasteiger partial charge in [0, 0.05) is 18.3 Å². The summed E-state index contributed by atoms with van der Waals surface area (Å²) in [6, 6.07) is 5.35. The van der Waals surface area contributed by atoms with Crippen LogP contribution in [0.25, 0.3) is 0 Å². The molecule has 0 saturated heterocycles. The third-order valence-electron chi connectivity index (χ3n) is 4.89. The summed E-state index contributed by atoms with van der Waals surface area (Å²) < 4.78 is 0. The lowest BCUT2D eigenvalue weighted by molar-refractivity contribution is 0.478. The van der Waals surface area contributed by atoms with Crippen molar-refractivity contribution < 1.29 is 5.11 Å². The molecule has 1 rings (SSSR count). The minimum absolute atomic E-state index is 0.158. The number of anilines is 2. The maximum atomic E-state index is 9.56. The summed E-state index contributed by atoms with van der Waals surface area (Å²) in [5, 5.41) is 12.9. The van der Waals surface area contributed by atoms with Crippen molar-refractivity contribution >= 4 is 11.4 Å². The fraction of sp³-hybridized carbons (Fsp3) is 0.727. The van der Waals surface area contributed by atoms with Crippen LogP contribution in [0.3, 0.4) is 0 Å². The van der Waals surface area contributed by atoms with Crippen LogP contribution < -0.4 is 11.1 Å². The van der Waals surface area contributed by atoms with E-state index in [1.807, 2.05) is 6.07 Å². The molecule has 1 aromatic rings. The maximum absolute atomic E-state index is 9.56. The highest BCUT2D eigenvalue weighted by Crippen LogP contribution is 2.23. The van der Waals surface area contributed by atoms with E-state index in [9.17, 15) is 5.11 Å². The Labute approximate surface area is 155 Å². The molecule has 3 heteroatoms. The van der Waals surface area contributed by atoms with Crippen LogP contribution in [-0.2, 0) is 0 Å². The van der Waals surface area contributed by atoms with Crippen LogP contribution in [-0.4, -0.2) is 11.7 Å². The predicted octanol–water partition coefficient (Wildman–Crippen LogP) is 6.87. The zero-order valence-electron chi connectivity index (χ0n) is 16.4. The average molecular weight is 349 g/mol. The number of phenolic OH excluding ortho intramolecular Hbond substituents is 1. The molecule has 1 aromatic carbocycles. The summed E-state index contributed by atoms with van der Waals surface area (Å²) in [6.07, 6.45) is 19.4. The van der Waals surface area contributed by atoms with Gasteiger partial charge in [0.2, 0.25) is 0 Å². The van der Waals surface area contributed by atoms with Crippen molar-refractivity contribution in [2.45, 2.75) is 96.8 Å². The monoisotopic (exact) mass is 348 g/mol. The summed E-state index contributed by atoms with van der Waals surface area (Å²) in [4.78, 5) is 0. The molecule has 25 heavy (non-hydrogen) atoms. The van der Waals surface area contributed by atoms with Crippen molar-refractivity contribution in [3.8, 4) is 5.75 Å². The van der Waals surface area contributed by atoms with E-state index in [4.69, 9.17) is 5.73 Å². The van der Waals surface area contributed by atoms with Crippen molar-refractivity contribution in [1.29, 1.82) is 0 Å². The van der Waals surface area contributed by atoms with Gasteiger partial charge in [-0.1, -0.05) is 90.4 Å². The van der Waals surface area contributed by atoms with Gasteiger partial charge in [-0.2, -0.15) is 0 Å². The Kier molecular flexibility index (Phi) is 12.9. The molecule has 0 spiro atoms. The lowest BCUT2D eigenvalue weighted by Gasteiger charge is -2.08. The van der Waals surface area contributed by atoms with Gasteiger partial charge in [0.15, 0.2) is 0 Å². The lowest BCUT2D eigenvalue weighted by atomic mass is 10.0. The van der Waals surface area contributed by atoms with E-state index < -0.39 is 0 Å². The molecule has 0 unspecified atom stereocenters. The first kappa shape index (κ1) is 21.7. The highest BCUT2D eigenvalue weighted by atomic mass is 16.3. The number of aromatic hydroxyl groups is 1. The molecule has 4 N–H and O–H groups in total. The Morgan fingerprint density at radius 1 is 0.760 bits per heavy atom. The van der Waals surface area contributed by atoms with Crippen LogP contribution in [0.2, 0.25) is 0 Å². The second-order valence-corrected chi connectivity index (χ2v) is 7.30. The SMILES string of the molecule is CCCCCCCCCCCCCCCCNc1ccc(N)c(O)c1. The zero-order chi connectivity index (χ0) is 18.2.